The fraction of sp³-hybridized carbons (Fsp3) is 0.500. The molecule has 0 heterocycles. The van der Waals surface area contributed by atoms with Gasteiger partial charge in [0.2, 0.25) is 0 Å². The summed E-state index contributed by atoms with van der Waals surface area (Å²) in [6, 6.07) is 7.39. The number of hydrogen-bond acceptors (Lipinski definition) is 2. The molecule has 0 radical (unpaired) electrons. The maximum Gasteiger partial charge on any atom is 0.0830 e. The molecule has 3 heteroatoms. The zero-order chi connectivity index (χ0) is 11.3. The third kappa shape index (κ3) is 3.49. The van der Waals surface area contributed by atoms with E-state index in [0.29, 0.717) is 11.6 Å². The summed E-state index contributed by atoms with van der Waals surface area (Å²) in [5.41, 5.74) is 0.794. The smallest absolute Gasteiger partial charge is 0.0830 e. The van der Waals surface area contributed by atoms with Crippen LogP contribution in [0.3, 0.4) is 0 Å². The van der Waals surface area contributed by atoms with E-state index in [4.69, 9.17) is 16.3 Å². The highest BCUT2D eigenvalue weighted by Gasteiger charge is 2.18. The molecule has 1 aromatic carbocycles. The van der Waals surface area contributed by atoms with Gasteiger partial charge in [0, 0.05) is 18.7 Å². The van der Waals surface area contributed by atoms with Crippen molar-refractivity contribution in [1.82, 2.24) is 0 Å². The first-order valence-corrected chi connectivity index (χ1v) is 5.46. The minimum absolute atomic E-state index is 0.143. The summed E-state index contributed by atoms with van der Waals surface area (Å²) in [4.78, 5) is 0. The largest absolute Gasteiger partial charge is 0.388 e. The van der Waals surface area contributed by atoms with E-state index in [1.54, 1.807) is 13.2 Å². The molecule has 0 aromatic heterocycles. The molecule has 1 aromatic rings. The number of rotatable bonds is 5. The molecule has 84 valence electrons. The normalized spacial score (nSPS) is 14.9. The number of aliphatic hydroxyl groups excluding tert-OH is 1. The molecule has 2 unspecified atom stereocenters. The maximum atomic E-state index is 10.1. The van der Waals surface area contributed by atoms with Gasteiger partial charge in [-0.05, 0) is 24.0 Å². The SMILES string of the molecule is COCCC(C)C(O)c1ccccc1Cl. The number of aliphatic hydroxyl groups is 1. The fourth-order valence-corrected chi connectivity index (χ4v) is 1.73. The van der Waals surface area contributed by atoms with Gasteiger partial charge in [0.25, 0.3) is 0 Å². The van der Waals surface area contributed by atoms with Gasteiger partial charge in [0.15, 0.2) is 0 Å². The van der Waals surface area contributed by atoms with Crippen LogP contribution in [0, 0.1) is 5.92 Å². The Morgan fingerprint density at radius 3 is 2.67 bits per heavy atom. The van der Waals surface area contributed by atoms with Crippen LogP contribution in [-0.4, -0.2) is 18.8 Å². The van der Waals surface area contributed by atoms with Gasteiger partial charge in [-0.1, -0.05) is 36.7 Å². The second-order valence-corrected chi connectivity index (χ2v) is 4.13. The Morgan fingerprint density at radius 1 is 1.40 bits per heavy atom. The number of hydrogen-bond donors (Lipinski definition) is 1. The Bertz CT molecular complexity index is 301. The summed E-state index contributed by atoms with van der Waals surface area (Å²) in [7, 11) is 1.66. The highest BCUT2D eigenvalue weighted by molar-refractivity contribution is 6.31. The molecule has 0 saturated carbocycles. The molecule has 0 amide bonds. The minimum Gasteiger partial charge on any atom is -0.388 e. The summed E-state index contributed by atoms with van der Waals surface area (Å²) in [6.07, 6.45) is 0.303. The van der Waals surface area contributed by atoms with E-state index in [-0.39, 0.29) is 5.92 Å². The van der Waals surface area contributed by atoms with Crippen LogP contribution in [0.15, 0.2) is 24.3 Å². The monoisotopic (exact) mass is 228 g/mol. The molecule has 0 saturated heterocycles. The molecule has 15 heavy (non-hydrogen) atoms. The second-order valence-electron chi connectivity index (χ2n) is 3.73. The van der Waals surface area contributed by atoms with Gasteiger partial charge in [0.1, 0.15) is 0 Å². The van der Waals surface area contributed by atoms with Crippen molar-refractivity contribution < 1.29 is 9.84 Å². The first-order chi connectivity index (χ1) is 7.16. The van der Waals surface area contributed by atoms with Gasteiger partial charge >= 0.3 is 0 Å². The standard InChI is InChI=1S/C12H17ClO2/c1-9(7-8-15-2)12(14)10-5-3-4-6-11(10)13/h3-6,9,12,14H,7-8H2,1-2H3. The lowest BCUT2D eigenvalue weighted by Gasteiger charge is -2.19. The molecule has 0 bridgehead atoms. The summed E-state index contributed by atoms with van der Waals surface area (Å²) >= 11 is 6.01. The molecule has 0 spiro atoms. The molecule has 0 aliphatic heterocycles. The highest BCUT2D eigenvalue weighted by Crippen LogP contribution is 2.29. The summed E-state index contributed by atoms with van der Waals surface area (Å²) < 4.78 is 4.98. The number of ether oxygens (including phenoxy) is 1. The summed E-state index contributed by atoms with van der Waals surface area (Å²) in [5, 5.41) is 10.7. The van der Waals surface area contributed by atoms with Crippen LogP contribution in [-0.2, 0) is 4.74 Å². The zero-order valence-electron chi connectivity index (χ0n) is 9.11. The van der Waals surface area contributed by atoms with Gasteiger partial charge < -0.3 is 9.84 Å². The van der Waals surface area contributed by atoms with Crippen molar-refractivity contribution in [3.63, 3.8) is 0 Å². The van der Waals surface area contributed by atoms with Crippen LogP contribution in [0.4, 0.5) is 0 Å². The Labute approximate surface area is 95.8 Å². The van der Waals surface area contributed by atoms with Crippen LogP contribution in [0.2, 0.25) is 5.02 Å². The van der Waals surface area contributed by atoms with Crippen molar-refractivity contribution >= 4 is 11.6 Å². The molecule has 0 fully saturated rings. The lowest BCUT2D eigenvalue weighted by molar-refractivity contribution is 0.0887. The van der Waals surface area contributed by atoms with Crippen molar-refractivity contribution in [3.8, 4) is 0 Å². The van der Waals surface area contributed by atoms with E-state index < -0.39 is 6.10 Å². The number of methoxy groups -OCH3 is 1. The van der Waals surface area contributed by atoms with Crippen LogP contribution in [0.1, 0.15) is 25.0 Å². The molecule has 1 N–H and O–H groups in total. The van der Waals surface area contributed by atoms with Crippen LogP contribution < -0.4 is 0 Å². The van der Waals surface area contributed by atoms with Crippen LogP contribution in [0.5, 0.6) is 0 Å². The summed E-state index contributed by atoms with van der Waals surface area (Å²) in [5.74, 6) is 0.143. The maximum absolute atomic E-state index is 10.1. The lowest BCUT2D eigenvalue weighted by Crippen LogP contribution is -2.11. The van der Waals surface area contributed by atoms with Crippen LogP contribution >= 0.6 is 11.6 Å². The van der Waals surface area contributed by atoms with Crippen molar-refractivity contribution in [3.05, 3.63) is 34.9 Å². The first kappa shape index (κ1) is 12.5. The van der Waals surface area contributed by atoms with E-state index in [1.165, 1.54) is 0 Å². The van der Waals surface area contributed by atoms with E-state index in [2.05, 4.69) is 0 Å². The third-order valence-corrected chi connectivity index (χ3v) is 2.88. The van der Waals surface area contributed by atoms with Crippen molar-refractivity contribution in [1.29, 1.82) is 0 Å². The quantitative estimate of drug-likeness (QED) is 0.840. The van der Waals surface area contributed by atoms with Crippen LogP contribution in [0.25, 0.3) is 0 Å². The van der Waals surface area contributed by atoms with E-state index in [9.17, 15) is 5.11 Å². The Hall–Kier alpha value is -0.570. The molecule has 0 aliphatic carbocycles. The third-order valence-electron chi connectivity index (χ3n) is 2.54. The highest BCUT2D eigenvalue weighted by atomic mass is 35.5. The molecular weight excluding hydrogens is 212 g/mol. The van der Waals surface area contributed by atoms with Crippen molar-refractivity contribution in [2.24, 2.45) is 5.92 Å². The lowest BCUT2D eigenvalue weighted by atomic mass is 9.95. The zero-order valence-corrected chi connectivity index (χ0v) is 9.87. The van der Waals surface area contributed by atoms with Gasteiger partial charge in [0.05, 0.1) is 6.10 Å². The fourth-order valence-electron chi connectivity index (χ4n) is 1.48. The van der Waals surface area contributed by atoms with Gasteiger partial charge in [-0.2, -0.15) is 0 Å². The minimum atomic E-state index is -0.520. The molecule has 2 nitrogen and oxygen atoms in total. The molecule has 0 aliphatic rings. The predicted octanol–water partition coefficient (Wildman–Crippen LogP) is 3.05. The van der Waals surface area contributed by atoms with Crippen molar-refractivity contribution in [2.45, 2.75) is 19.4 Å². The molecule has 1 rings (SSSR count). The Kier molecular flexibility index (Phi) is 5.09. The topological polar surface area (TPSA) is 29.5 Å². The van der Waals surface area contributed by atoms with Crippen molar-refractivity contribution in [2.75, 3.05) is 13.7 Å². The number of halogens is 1. The summed E-state index contributed by atoms with van der Waals surface area (Å²) in [6.45, 7) is 2.65. The molecule has 2 atom stereocenters. The Morgan fingerprint density at radius 2 is 2.07 bits per heavy atom. The average Bonchev–Trinajstić information content (AvgIpc) is 2.25. The van der Waals surface area contributed by atoms with E-state index >= 15 is 0 Å². The van der Waals surface area contributed by atoms with Gasteiger partial charge in [-0.3, -0.25) is 0 Å². The first-order valence-electron chi connectivity index (χ1n) is 5.08. The predicted molar refractivity (Wildman–Crippen MR) is 62.1 cm³/mol. The number of benzene rings is 1. The van der Waals surface area contributed by atoms with E-state index in [1.807, 2.05) is 25.1 Å². The Balaban J connectivity index is 2.67. The van der Waals surface area contributed by atoms with Gasteiger partial charge in [-0.15, -0.1) is 0 Å². The average molecular weight is 229 g/mol. The van der Waals surface area contributed by atoms with Gasteiger partial charge in [-0.25, -0.2) is 0 Å². The molecular formula is C12H17ClO2. The second kappa shape index (κ2) is 6.11. The van der Waals surface area contributed by atoms with E-state index in [0.717, 1.165) is 12.0 Å².